The molecule has 0 saturated carbocycles. The van der Waals surface area contributed by atoms with Crippen LogP contribution in [-0.2, 0) is 6.54 Å². The van der Waals surface area contributed by atoms with Gasteiger partial charge in [0.05, 0.1) is 12.4 Å². The fourth-order valence-corrected chi connectivity index (χ4v) is 3.70. The maximum Gasteiger partial charge on any atom is 0.252 e. The van der Waals surface area contributed by atoms with E-state index >= 15 is 0 Å². The van der Waals surface area contributed by atoms with Gasteiger partial charge in [0, 0.05) is 24.5 Å². The third-order valence-electron chi connectivity index (χ3n) is 5.29. The summed E-state index contributed by atoms with van der Waals surface area (Å²) in [6, 6.07) is 24.0. The Morgan fingerprint density at radius 1 is 1.00 bits per heavy atom. The number of aryl methyl sites for hydroxylation is 2. The maximum atomic E-state index is 13.1. The van der Waals surface area contributed by atoms with Crippen LogP contribution in [-0.4, -0.2) is 15.5 Å². The van der Waals surface area contributed by atoms with Gasteiger partial charge in [-0.3, -0.25) is 4.79 Å². The highest BCUT2D eigenvalue weighted by Gasteiger charge is 2.19. The van der Waals surface area contributed by atoms with Crippen molar-refractivity contribution in [1.82, 2.24) is 14.9 Å². The molecule has 1 heterocycles. The van der Waals surface area contributed by atoms with E-state index in [9.17, 15) is 4.79 Å². The number of carbonyl (C=O) groups excluding carboxylic acids is 1. The highest BCUT2D eigenvalue weighted by atomic mass is 16.1. The van der Waals surface area contributed by atoms with Crippen molar-refractivity contribution < 1.29 is 4.79 Å². The Balaban J connectivity index is 1.57. The normalized spacial score (nSPS) is 11.8. The zero-order chi connectivity index (χ0) is 20.9. The van der Waals surface area contributed by atoms with E-state index in [1.807, 2.05) is 53.2 Å². The van der Waals surface area contributed by atoms with Crippen LogP contribution in [0.15, 0.2) is 91.5 Å². The first-order valence-corrected chi connectivity index (χ1v) is 10.1. The van der Waals surface area contributed by atoms with Crippen molar-refractivity contribution in [2.45, 2.75) is 26.4 Å². The van der Waals surface area contributed by atoms with Gasteiger partial charge in [-0.05, 0) is 48.2 Å². The first-order valence-electron chi connectivity index (χ1n) is 10.1. The van der Waals surface area contributed by atoms with Gasteiger partial charge >= 0.3 is 0 Å². The van der Waals surface area contributed by atoms with E-state index in [-0.39, 0.29) is 11.9 Å². The van der Waals surface area contributed by atoms with Crippen LogP contribution in [0.4, 0.5) is 0 Å². The van der Waals surface area contributed by atoms with E-state index in [4.69, 9.17) is 0 Å². The van der Waals surface area contributed by atoms with Crippen LogP contribution >= 0.6 is 0 Å². The molecule has 4 rings (SSSR count). The summed E-state index contributed by atoms with van der Waals surface area (Å²) in [5, 5.41) is 3.24. The fourth-order valence-electron chi connectivity index (χ4n) is 3.70. The number of nitrogens with one attached hydrogen (secondary N) is 1. The van der Waals surface area contributed by atoms with Crippen LogP contribution in [0.5, 0.6) is 0 Å². The molecule has 0 fully saturated rings. The van der Waals surface area contributed by atoms with E-state index in [1.54, 1.807) is 12.5 Å². The number of benzene rings is 3. The lowest BCUT2D eigenvalue weighted by Crippen LogP contribution is -2.29. The Morgan fingerprint density at radius 3 is 2.43 bits per heavy atom. The van der Waals surface area contributed by atoms with Crippen LogP contribution in [0.25, 0.3) is 0 Å². The summed E-state index contributed by atoms with van der Waals surface area (Å²) in [5.74, 6) is -0.0852. The summed E-state index contributed by atoms with van der Waals surface area (Å²) in [5.41, 5.74) is 6.32. The van der Waals surface area contributed by atoms with Crippen molar-refractivity contribution in [3.05, 3.63) is 125 Å². The predicted molar refractivity (Wildman–Crippen MR) is 119 cm³/mol. The molecule has 0 aliphatic carbocycles. The molecular weight excluding hydrogens is 370 g/mol. The van der Waals surface area contributed by atoms with Gasteiger partial charge in [0.2, 0.25) is 0 Å². The molecule has 150 valence electrons. The second kappa shape index (κ2) is 8.78. The van der Waals surface area contributed by atoms with Crippen LogP contribution in [0.1, 0.15) is 44.2 Å². The van der Waals surface area contributed by atoms with Gasteiger partial charge in [0.1, 0.15) is 0 Å². The van der Waals surface area contributed by atoms with E-state index in [1.165, 1.54) is 11.1 Å². The number of amides is 1. The van der Waals surface area contributed by atoms with Gasteiger partial charge in [0.15, 0.2) is 0 Å². The molecule has 4 nitrogen and oxygen atoms in total. The summed E-state index contributed by atoms with van der Waals surface area (Å²) in [4.78, 5) is 17.1. The molecule has 1 aromatic heterocycles. The Hall–Kier alpha value is -3.66. The van der Waals surface area contributed by atoms with Crippen LogP contribution in [0.2, 0.25) is 0 Å². The first kappa shape index (κ1) is 19.6. The molecule has 0 unspecified atom stereocenters. The molecule has 4 heteroatoms. The molecule has 0 bridgehead atoms. The summed E-state index contributed by atoms with van der Waals surface area (Å²) in [6.07, 6.45) is 5.47. The van der Waals surface area contributed by atoms with Crippen LogP contribution in [0, 0.1) is 13.8 Å². The number of rotatable bonds is 6. The van der Waals surface area contributed by atoms with E-state index < -0.39 is 0 Å². The number of carbonyl (C=O) groups is 1. The maximum absolute atomic E-state index is 13.1. The molecule has 1 N–H and O–H groups in total. The Kier molecular flexibility index (Phi) is 5.75. The number of aromatic nitrogens is 2. The van der Waals surface area contributed by atoms with Crippen molar-refractivity contribution in [1.29, 1.82) is 0 Å². The Labute approximate surface area is 177 Å². The Bertz CT molecular complexity index is 1120. The highest BCUT2D eigenvalue weighted by molar-refractivity contribution is 5.94. The largest absolute Gasteiger partial charge is 0.341 e. The monoisotopic (exact) mass is 395 g/mol. The van der Waals surface area contributed by atoms with E-state index in [0.717, 1.165) is 23.2 Å². The average molecular weight is 396 g/mol. The minimum absolute atomic E-state index is 0.0852. The minimum Gasteiger partial charge on any atom is -0.341 e. The standard InChI is InChI=1S/C26H25N3O/c1-19-8-13-24(20(2)16-19)25(22-6-4-3-5-7-22)28-26(30)23-11-9-21(10-12-23)17-29-15-14-27-18-29/h3-16,18,25H,17H2,1-2H3,(H,28,30)/t25-/m0/s1. The molecule has 4 aromatic rings. The summed E-state index contributed by atoms with van der Waals surface area (Å²) in [6.45, 7) is 4.91. The molecule has 0 aliphatic rings. The third kappa shape index (κ3) is 4.49. The van der Waals surface area contributed by atoms with Gasteiger partial charge < -0.3 is 9.88 Å². The molecule has 3 aromatic carbocycles. The zero-order valence-electron chi connectivity index (χ0n) is 17.2. The van der Waals surface area contributed by atoms with E-state index in [0.29, 0.717) is 5.56 Å². The quantitative estimate of drug-likeness (QED) is 0.496. The van der Waals surface area contributed by atoms with Crippen molar-refractivity contribution in [3.8, 4) is 0 Å². The van der Waals surface area contributed by atoms with Crippen molar-refractivity contribution in [2.75, 3.05) is 0 Å². The molecular formula is C26H25N3O. The van der Waals surface area contributed by atoms with Gasteiger partial charge in [0.25, 0.3) is 5.91 Å². The molecule has 0 aliphatic heterocycles. The number of hydrogen-bond donors (Lipinski definition) is 1. The zero-order valence-corrected chi connectivity index (χ0v) is 17.2. The average Bonchev–Trinajstić information content (AvgIpc) is 3.26. The second-order valence-corrected chi connectivity index (χ2v) is 7.61. The van der Waals surface area contributed by atoms with Crippen LogP contribution < -0.4 is 5.32 Å². The smallest absolute Gasteiger partial charge is 0.252 e. The topological polar surface area (TPSA) is 46.9 Å². The minimum atomic E-state index is -0.204. The molecule has 1 amide bonds. The lowest BCUT2D eigenvalue weighted by molar-refractivity contribution is 0.0943. The molecule has 0 saturated heterocycles. The number of nitrogens with zero attached hydrogens (tertiary/aromatic N) is 2. The summed E-state index contributed by atoms with van der Waals surface area (Å²) < 4.78 is 2.00. The van der Waals surface area contributed by atoms with Gasteiger partial charge in [-0.1, -0.05) is 66.2 Å². The number of hydrogen-bond acceptors (Lipinski definition) is 2. The van der Waals surface area contributed by atoms with Crippen molar-refractivity contribution in [3.63, 3.8) is 0 Å². The predicted octanol–water partition coefficient (Wildman–Crippen LogP) is 5.07. The fraction of sp³-hybridized carbons (Fsp3) is 0.154. The van der Waals surface area contributed by atoms with Gasteiger partial charge in [-0.25, -0.2) is 4.98 Å². The first-order chi connectivity index (χ1) is 14.6. The third-order valence-corrected chi connectivity index (χ3v) is 5.29. The van der Waals surface area contributed by atoms with Crippen molar-refractivity contribution in [2.24, 2.45) is 0 Å². The summed E-state index contributed by atoms with van der Waals surface area (Å²) in [7, 11) is 0. The lowest BCUT2D eigenvalue weighted by atomic mass is 9.93. The lowest BCUT2D eigenvalue weighted by Gasteiger charge is -2.22. The van der Waals surface area contributed by atoms with E-state index in [2.05, 4.69) is 54.5 Å². The number of imidazole rings is 1. The second-order valence-electron chi connectivity index (χ2n) is 7.61. The van der Waals surface area contributed by atoms with Gasteiger partial charge in [-0.15, -0.1) is 0 Å². The summed E-state index contributed by atoms with van der Waals surface area (Å²) >= 11 is 0. The molecule has 0 radical (unpaired) electrons. The molecule has 1 atom stereocenters. The highest BCUT2D eigenvalue weighted by Crippen LogP contribution is 2.26. The van der Waals surface area contributed by atoms with Crippen molar-refractivity contribution >= 4 is 5.91 Å². The van der Waals surface area contributed by atoms with Crippen LogP contribution in [0.3, 0.4) is 0 Å². The van der Waals surface area contributed by atoms with Gasteiger partial charge in [-0.2, -0.15) is 0 Å². The Morgan fingerprint density at radius 2 is 1.77 bits per heavy atom. The molecule has 0 spiro atoms. The molecule has 30 heavy (non-hydrogen) atoms. The SMILES string of the molecule is Cc1ccc([C@@H](NC(=O)c2ccc(Cn3ccnc3)cc2)c2ccccc2)c(C)c1.